The summed E-state index contributed by atoms with van der Waals surface area (Å²) in [5, 5.41) is 15.3. The molecule has 1 amide bonds. The van der Waals surface area contributed by atoms with Gasteiger partial charge in [0.2, 0.25) is 5.91 Å². The molecule has 6 heteroatoms. The Kier molecular flexibility index (Phi) is 6.91. The van der Waals surface area contributed by atoms with Crippen LogP contribution in [-0.2, 0) is 9.59 Å². The van der Waals surface area contributed by atoms with Gasteiger partial charge in [0, 0.05) is 24.9 Å². The fourth-order valence-corrected chi connectivity index (χ4v) is 2.45. The number of nitrogens with zero attached hydrogens (tertiary/aromatic N) is 1. The van der Waals surface area contributed by atoms with Gasteiger partial charge in [0.05, 0.1) is 5.69 Å². The molecule has 21 heavy (non-hydrogen) atoms. The first-order valence-electron chi connectivity index (χ1n) is 7.33. The summed E-state index contributed by atoms with van der Waals surface area (Å²) in [6.45, 7) is 6.31. The maximum Gasteiger partial charge on any atom is 0.303 e. The molecule has 1 atom stereocenters. The Morgan fingerprint density at radius 1 is 1.29 bits per heavy atom. The number of hydrogen-bond acceptors (Lipinski definition) is 4. The third-order valence-corrected chi connectivity index (χ3v) is 3.46. The number of aryl methyl sites for hydroxylation is 2. The van der Waals surface area contributed by atoms with Gasteiger partial charge < -0.3 is 14.9 Å². The molecule has 0 fully saturated rings. The van der Waals surface area contributed by atoms with Crippen LogP contribution in [0.25, 0.3) is 0 Å². The van der Waals surface area contributed by atoms with Crippen molar-refractivity contribution in [1.29, 1.82) is 0 Å². The maximum absolute atomic E-state index is 11.9. The first kappa shape index (κ1) is 17.2. The summed E-state index contributed by atoms with van der Waals surface area (Å²) in [5.41, 5.74) is 1.84. The number of rotatable bonds is 9. The standard InChI is InChI=1S/C15H24N2O4/c1-10(15-11(2)17-21-12(15)3)9-13(18)16-8-6-4-5-7-14(19)20/h10H,4-9H2,1-3H3,(H,16,18)(H,19,20). The van der Waals surface area contributed by atoms with Gasteiger partial charge in [-0.05, 0) is 32.6 Å². The number of carbonyl (C=O) groups excluding carboxylic acids is 1. The molecule has 0 aromatic carbocycles. The minimum absolute atomic E-state index is 0.000680. The largest absolute Gasteiger partial charge is 0.481 e. The summed E-state index contributed by atoms with van der Waals surface area (Å²) in [6, 6.07) is 0. The molecule has 0 spiro atoms. The van der Waals surface area contributed by atoms with E-state index < -0.39 is 5.97 Å². The van der Waals surface area contributed by atoms with Crippen molar-refractivity contribution in [3.63, 3.8) is 0 Å². The quantitative estimate of drug-likeness (QED) is 0.683. The summed E-state index contributed by atoms with van der Waals surface area (Å²) in [5.74, 6) is 0.0674. The second-order valence-corrected chi connectivity index (χ2v) is 5.40. The summed E-state index contributed by atoms with van der Waals surface area (Å²) in [7, 11) is 0. The lowest BCUT2D eigenvalue weighted by Crippen LogP contribution is -2.25. The Hall–Kier alpha value is -1.85. The van der Waals surface area contributed by atoms with Gasteiger partial charge in [-0.25, -0.2) is 0 Å². The van der Waals surface area contributed by atoms with E-state index in [4.69, 9.17) is 9.63 Å². The van der Waals surface area contributed by atoms with E-state index >= 15 is 0 Å². The highest BCUT2D eigenvalue weighted by Crippen LogP contribution is 2.25. The van der Waals surface area contributed by atoms with E-state index in [0.717, 1.165) is 29.9 Å². The molecule has 2 N–H and O–H groups in total. The van der Waals surface area contributed by atoms with Crippen molar-refractivity contribution in [1.82, 2.24) is 10.5 Å². The molecule has 0 aliphatic heterocycles. The van der Waals surface area contributed by atoms with E-state index in [1.807, 2.05) is 20.8 Å². The van der Waals surface area contributed by atoms with Crippen LogP contribution in [0.1, 0.15) is 62.0 Å². The van der Waals surface area contributed by atoms with Crippen LogP contribution in [0.2, 0.25) is 0 Å². The topological polar surface area (TPSA) is 92.4 Å². The van der Waals surface area contributed by atoms with E-state index in [0.29, 0.717) is 19.4 Å². The smallest absolute Gasteiger partial charge is 0.303 e. The highest BCUT2D eigenvalue weighted by atomic mass is 16.5. The molecule has 1 heterocycles. The Bertz CT molecular complexity index is 463. The Morgan fingerprint density at radius 3 is 2.57 bits per heavy atom. The lowest BCUT2D eigenvalue weighted by Gasteiger charge is -2.11. The van der Waals surface area contributed by atoms with Gasteiger partial charge in [0.25, 0.3) is 0 Å². The minimum Gasteiger partial charge on any atom is -0.481 e. The third-order valence-electron chi connectivity index (χ3n) is 3.46. The molecule has 1 aromatic heterocycles. The summed E-state index contributed by atoms with van der Waals surface area (Å²) >= 11 is 0. The van der Waals surface area contributed by atoms with Gasteiger partial charge in [-0.2, -0.15) is 0 Å². The molecule has 0 bridgehead atoms. The van der Waals surface area contributed by atoms with Crippen molar-refractivity contribution >= 4 is 11.9 Å². The van der Waals surface area contributed by atoms with Gasteiger partial charge in [-0.15, -0.1) is 0 Å². The zero-order chi connectivity index (χ0) is 15.8. The minimum atomic E-state index is -0.771. The van der Waals surface area contributed by atoms with E-state index in [-0.39, 0.29) is 18.2 Å². The van der Waals surface area contributed by atoms with E-state index in [1.165, 1.54) is 0 Å². The molecule has 6 nitrogen and oxygen atoms in total. The first-order chi connectivity index (χ1) is 9.91. The SMILES string of the molecule is Cc1noc(C)c1C(C)CC(=O)NCCCCCC(=O)O. The van der Waals surface area contributed by atoms with Gasteiger partial charge in [-0.1, -0.05) is 18.5 Å². The van der Waals surface area contributed by atoms with Crippen LogP contribution in [-0.4, -0.2) is 28.7 Å². The van der Waals surface area contributed by atoms with E-state index in [2.05, 4.69) is 10.5 Å². The number of nitrogens with one attached hydrogen (secondary N) is 1. The molecule has 0 saturated carbocycles. The summed E-state index contributed by atoms with van der Waals surface area (Å²) in [4.78, 5) is 22.2. The van der Waals surface area contributed by atoms with Crippen LogP contribution >= 0.6 is 0 Å². The Labute approximate surface area is 124 Å². The molecule has 1 rings (SSSR count). The van der Waals surface area contributed by atoms with Crippen molar-refractivity contribution in [3.05, 3.63) is 17.0 Å². The molecule has 118 valence electrons. The molecule has 1 aromatic rings. The predicted octanol–water partition coefficient (Wildman–Crippen LogP) is 2.55. The molecule has 1 unspecified atom stereocenters. The van der Waals surface area contributed by atoms with Gasteiger partial charge in [0.1, 0.15) is 5.76 Å². The fourth-order valence-electron chi connectivity index (χ4n) is 2.45. The lowest BCUT2D eigenvalue weighted by molar-refractivity contribution is -0.137. The fraction of sp³-hybridized carbons (Fsp3) is 0.667. The van der Waals surface area contributed by atoms with Crippen molar-refractivity contribution in [2.24, 2.45) is 0 Å². The van der Waals surface area contributed by atoms with Crippen molar-refractivity contribution in [3.8, 4) is 0 Å². The zero-order valence-corrected chi connectivity index (χ0v) is 12.9. The summed E-state index contributed by atoms with van der Waals surface area (Å²) in [6.07, 6.45) is 2.86. The Balaban J connectivity index is 2.23. The van der Waals surface area contributed by atoms with Gasteiger partial charge in [0.15, 0.2) is 0 Å². The summed E-state index contributed by atoms with van der Waals surface area (Å²) < 4.78 is 5.11. The second kappa shape index (κ2) is 8.44. The number of hydrogen-bond donors (Lipinski definition) is 2. The van der Waals surface area contributed by atoms with Crippen LogP contribution in [0.5, 0.6) is 0 Å². The maximum atomic E-state index is 11.9. The molecule has 0 aliphatic rings. The normalized spacial score (nSPS) is 12.1. The second-order valence-electron chi connectivity index (χ2n) is 5.40. The molecule has 0 aliphatic carbocycles. The first-order valence-corrected chi connectivity index (χ1v) is 7.33. The van der Waals surface area contributed by atoms with Crippen LogP contribution < -0.4 is 5.32 Å². The average Bonchev–Trinajstić information content (AvgIpc) is 2.72. The number of carboxylic acid groups (broad SMARTS) is 1. The zero-order valence-electron chi connectivity index (χ0n) is 12.9. The van der Waals surface area contributed by atoms with Crippen molar-refractivity contribution < 1.29 is 19.2 Å². The van der Waals surface area contributed by atoms with Gasteiger partial charge >= 0.3 is 5.97 Å². The molecule has 0 radical (unpaired) electrons. The van der Waals surface area contributed by atoms with Crippen LogP contribution in [0.4, 0.5) is 0 Å². The molecular weight excluding hydrogens is 272 g/mol. The monoisotopic (exact) mass is 296 g/mol. The number of amides is 1. The van der Waals surface area contributed by atoms with Crippen molar-refractivity contribution in [2.75, 3.05) is 6.54 Å². The van der Waals surface area contributed by atoms with Gasteiger partial charge in [-0.3, -0.25) is 9.59 Å². The van der Waals surface area contributed by atoms with Crippen LogP contribution in [0.3, 0.4) is 0 Å². The van der Waals surface area contributed by atoms with Crippen molar-refractivity contribution in [2.45, 2.75) is 58.8 Å². The lowest BCUT2D eigenvalue weighted by atomic mass is 9.96. The molecular formula is C15H24N2O4. The number of carbonyl (C=O) groups is 2. The van der Waals surface area contributed by atoms with Crippen LogP contribution in [0, 0.1) is 13.8 Å². The average molecular weight is 296 g/mol. The van der Waals surface area contributed by atoms with E-state index in [9.17, 15) is 9.59 Å². The Morgan fingerprint density at radius 2 is 2.00 bits per heavy atom. The third kappa shape index (κ3) is 5.97. The number of unbranched alkanes of at least 4 members (excludes halogenated alkanes) is 2. The highest BCUT2D eigenvalue weighted by molar-refractivity contribution is 5.76. The molecule has 0 saturated heterocycles. The highest BCUT2D eigenvalue weighted by Gasteiger charge is 2.18. The number of aromatic nitrogens is 1. The predicted molar refractivity (Wildman–Crippen MR) is 78.1 cm³/mol. The van der Waals surface area contributed by atoms with E-state index in [1.54, 1.807) is 0 Å². The number of aliphatic carboxylic acids is 1. The van der Waals surface area contributed by atoms with Crippen LogP contribution in [0.15, 0.2) is 4.52 Å². The number of carboxylic acids is 1.